The van der Waals surface area contributed by atoms with Crippen molar-refractivity contribution in [2.75, 3.05) is 36.0 Å². The van der Waals surface area contributed by atoms with Crippen LogP contribution < -0.4 is 20.9 Å². The zero-order valence-electron chi connectivity index (χ0n) is 18.9. The molecule has 2 atom stereocenters. The molecule has 2 fully saturated rings. The van der Waals surface area contributed by atoms with Crippen LogP contribution in [0.5, 0.6) is 0 Å². The lowest BCUT2D eigenvalue weighted by Gasteiger charge is -2.17. The number of nitrogens with one attached hydrogen (secondary N) is 1. The van der Waals surface area contributed by atoms with Gasteiger partial charge in [-0.15, -0.1) is 0 Å². The number of halogens is 1. The number of benzene rings is 1. The average Bonchev–Trinajstić information content (AvgIpc) is 3.39. The second-order valence-electron chi connectivity index (χ2n) is 8.08. The number of amides is 3. The van der Waals surface area contributed by atoms with Gasteiger partial charge in [-0.05, 0) is 30.3 Å². The van der Waals surface area contributed by atoms with Gasteiger partial charge in [0.05, 0.1) is 25.3 Å². The summed E-state index contributed by atoms with van der Waals surface area (Å²) in [4.78, 5) is 54.1. The van der Waals surface area contributed by atoms with Crippen molar-refractivity contribution in [3.63, 3.8) is 0 Å². The van der Waals surface area contributed by atoms with Crippen LogP contribution in [0.4, 0.5) is 20.7 Å². The third-order valence-electron chi connectivity index (χ3n) is 5.65. The predicted molar refractivity (Wildman–Crippen MR) is 122 cm³/mol. The van der Waals surface area contributed by atoms with E-state index in [2.05, 4.69) is 10.3 Å². The fraction of sp³-hybridized carbons (Fsp3) is 0.348. The van der Waals surface area contributed by atoms with Crippen LogP contribution in [0.2, 0.25) is 0 Å². The Morgan fingerprint density at radius 1 is 1.26 bits per heavy atom. The van der Waals surface area contributed by atoms with Gasteiger partial charge in [0.1, 0.15) is 17.7 Å². The maximum absolute atomic E-state index is 15.0. The molecule has 1 aromatic carbocycles. The topological polar surface area (TPSA) is 144 Å². The van der Waals surface area contributed by atoms with Crippen LogP contribution in [0.1, 0.15) is 13.3 Å². The summed E-state index contributed by atoms with van der Waals surface area (Å²) in [5.74, 6) is -1.50. The Balaban J connectivity index is 1.44. The number of nitrogens with two attached hydrogens (primary N) is 1. The maximum Gasteiger partial charge on any atom is 0.414 e. The molecule has 0 aliphatic carbocycles. The molecule has 3 N–H and O–H groups in total. The van der Waals surface area contributed by atoms with E-state index in [9.17, 15) is 23.6 Å². The molecule has 12 heteroatoms. The molecule has 1 unspecified atom stereocenters. The number of pyridine rings is 1. The minimum absolute atomic E-state index is 0.172. The highest BCUT2D eigenvalue weighted by atomic mass is 19.1. The number of anilines is 2. The smallest absolute Gasteiger partial charge is 0.414 e. The van der Waals surface area contributed by atoms with Crippen molar-refractivity contribution in [3.05, 3.63) is 42.3 Å². The van der Waals surface area contributed by atoms with Crippen molar-refractivity contribution in [3.8, 4) is 11.1 Å². The van der Waals surface area contributed by atoms with E-state index < -0.39 is 36.0 Å². The summed E-state index contributed by atoms with van der Waals surface area (Å²) >= 11 is 0. The fourth-order valence-corrected chi connectivity index (χ4v) is 3.90. The summed E-state index contributed by atoms with van der Waals surface area (Å²) < 4.78 is 25.2. The fourth-order valence-electron chi connectivity index (χ4n) is 3.90. The number of carbonyl (C=O) groups excluding carboxylic acids is 4. The molecule has 184 valence electrons. The Morgan fingerprint density at radius 3 is 2.71 bits per heavy atom. The molecule has 2 saturated heterocycles. The van der Waals surface area contributed by atoms with E-state index in [1.165, 1.54) is 35.1 Å². The van der Waals surface area contributed by atoms with Gasteiger partial charge in [-0.1, -0.05) is 0 Å². The van der Waals surface area contributed by atoms with Crippen molar-refractivity contribution in [1.82, 2.24) is 10.3 Å². The molecular formula is C23H24FN5O6. The quantitative estimate of drug-likeness (QED) is 0.552. The van der Waals surface area contributed by atoms with Crippen molar-refractivity contribution in [2.45, 2.75) is 25.6 Å². The Bertz CT molecular complexity index is 1160. The second-order valence-corrected chi connectivity index (χ2v) is 8.08. The molecule has 4 rings (SSSR count). The van der Waals surface area contributed by atoms with Gasteiger partial charge in [0, 0.05) is 37.2 Å². The lowest BCUT2D eigenvalue weighted by molar-refractivity contribution is -0.152. The van der Waals surface area contributed by atoms with Crippen LogP contribution in [0, 0.1) is 5.82 Å². The van der Waals surface area contributed by atoms with E-state index in [-0.39, 0.29) is 31.1 Å². The summed E-state index contributed by atoms with van der Waals surface area (Å²) in [6.45, 7) is 1.73. The van der Waals surface area contributed by atoms with Gasteiger partial charge in [0.2, 0.25) is 5.91 Å². The Morgan fingerprint density at radius 2 is 2.06 bits per heavy atom. The van der Waals surface area contributed by atoms with E-state index in [0.717, 1.165) is 0 Å². The molecule has 2 aliphatic heterocycles. The molecule has 2 aromatic rings. The highest BCUT2D eigenvalue weighted by Crippen LogP contribution is 2.30. The third-order valence-corrected chi connectivity index (χ3v) is 5.65. The van der Waals surface area contributed by atoms with Crippen molar-refractivity contribution in [2.24, 2.45) is 5.73 Å². The first-order valence-corrected chi connectivity index (χ1v) is 11.0. The van der Waals surface area contributed by atoms with Crippen LogP contribution in [0.3, 0.4) is 0 Å². The monoisotopic (exact) mass is 485 g/mol. The summed E-state index contributed by atoms with van der Waals surface area (Å²) in [5.41, 5.74) is 6.29. The Labute approximate surface area is 200 Å². The van der Waals surface area contributed by atoms with Gasteiger partial charge >= 0.3 is 12.1 Å². The molecule has 0 bridgehead atoms. The van der Waals surface area contributed by atoms with Gasteiger partial charge in [-0.2, -0.15) is 0 Å². The van der Waals surface area contributed by atoms with Gasteiger partial charge in [-0.25, -0.2) is 14.2 Å². The molecule has 0 spiro atoms. The summed E-state index contributed by atoms with van der Waals surface area (Å²) in [6, 6.07) is 7.55. The van der Waals surface area contributed by atoms with Gasteiger partial charge in [-0.3, -0.25) is 24.2 Å². The number of rotatable bonds is 7. The van der Waals surface area contributed by atoms with Gasteiger partial charge in [0.25, 0.3) is 5.91 Å². The molecular weight excluding hydrogens is 461 g/mol. The van der Waals surface area contributed by atoms with E-state index in [1.807, 2.05) is 0 Å². The zero-order valence-corrected chi connectivity index (χ0v) is 18.9. The minimum Gasteiger partial charge on any atom is -0.451 e. The number of hydrogen-bond acceptors (Lipinski definition) is 8. The van der Waals surface area contributed by atoms with Crippen LogP contribution in [0.15, 0.2) is 36.5 Å². The van der Waals surface area contributed by atoms with Crippen LogP contribution in [-0.4, -0.2) is 67.2 Å². The van der Waals surface area contributed by atoms with Gasteiger partial charge < -0.3 is 20.5 Å². The normalized spacial score (nSPS) is 19.6. The number of nitrogens with zero attached hydrogens (tertiary/aromatic N) is 3. The number of carbonyl (C=O) groups is 4. The molecule has 3 amide bonds. The maximum atomic E-state index is 15.0. The predicted octanol–water partition coefficient (Wildman–Crippen LogP) is 0.956. The standard InChI is InChI=1S/C23H24FN5O6/c1-13(30)26-11-16-12-29(23(33)34-16)15-3-4-17(18(24)8-15)14-2-5-20(27-10-14)28-7-6-19(22(28)32)35-21(31)9-25/h2-5,8,10,16,19H,6-7,9,11-12,25H2,1H3,(H,26,30)/t16-,19?/m0/s1. The summed E-state index contributed by atoms with van der Waals surface area (Å²) in [7, 11) is 0. The highest BCUT2D eigenvalue weighted by Gasteiger charge is 2.36. The van der Waals surface area contributed by atoms with Gasteiger partial charge in [0.15, 0.2) is 6.10 Å². The lowest BCUT2D eigenvalue weighted by Crippen LogP contribution is -2.33. The van der Waals surface area contributed by atoms with E-state index >= 15 is 0 Å². The summed E-state index contributed by atoms with van der Waals surface area (Å²) in [5, 5.41) is 2.59. The highest BCUT2D eigenvalue weighted by molar-refractivity contribution is 5.99. The molecule has 35 heavy (non-hydrogen) atoms. The van der Waals surface area contributed by atoms with E-state index in [1.54, 1.807) is 18.2 Å². The Hall–Kier alpha value is -4.06. The number of aromatic nitrogens is 1. The number of cyclic esters (lactones) is 1. The minimum atomic E-state index is -0.896. The van der Waals surface area contributed by atoms with E-state index in [0.29, 0.717) is 30.0 Å². The molecule has 3 heterocycles. The van der Waals surface area contributed by atoms with Crippen LogP contribution >= 0.6 is 0 Å². The van der Waals surface area contributed by atoms with Crippen LogP contribution in [0.25, 0.3) is 11.1 Å². The first kappa shape index (κ1) is 24.1. The Kier molecular flexibility index (Phi) is 6.92. The van der Waals surface area contributed by atoms with Crippen molar-refractivity contribution in [1.29, 1.82) is 0 Å². The van der Waals surface area contributed by atoms with Crippen molar-refractivity contribution < 1.29 is 33.0 Å². The first-order valence-electron chi connectivity index (χ1n) is 11.0. The largest absolute Gasteiger partial charge is 0.451 e. The number of esters is 1. The molecule has 1 aromatic heterocycles. The molecule has 0 radical (unpaired) electrons. The molecule has 0 saturated carbocycles. The number of hydrogen-bond donors (Lipinski definition) is 2. The third kappa shape index (κ3) is 5.22. The van der Waals surface area contributed by atoms with E-state index in [4.69, 9.17) is 15.2 Å². The lowest BCUT2D eigenvalue weighted by atomic mass is 10.1. The average molecular weight is 485 g/mol. The SMILES string of the molecule is CC(=O)NC[C@H]1CN(c2ccc(-c3ccc(N4CCC(OC(=O)CN)C4=O)nc3)c(F)c2)C(=O)O1. The number of ether oxygens (including phenoxy) is 2. The zero-order chi connectivity index (χ0) is 25.1. The molecule has 11 nitrogen and oxygen atoms in total. The summed E-state index contributed by atoms with van der Waals surface area (Å²) in [6.07, 6.45) is -0.281. The second kappa shape index (κ2) is 10.1. The van der Waals surface area contributed by atoms with Crippen LogP contribution in [-0.2, 0) is 23.9 Å². The first-order chi connectivity index (χ1) is 16.8. The molecule has 2 aliphatic rings. The van der Waals surface area contributed by atoms with Crippen molar-refractivity contribution >= 4 is 35.4 Å².